The summed E-state index contributed by atoms with van der Waals surface area (Å²) < 4.78 is 0. The van der Waals surface area contributed by atoms with E-state index in [4.69, 9.17) is 0 Å². The molecule has 0 nitrogen and oxygen atoms in total. The molecule has 104 valence electrons. The van der Waals surface area contributed by atoms with Crippen molar-refractivity contribution in [2.45, 2.75) is 85.7 Å². The van der Waals surface area contributed by atoms with E-state index in [1.807, 2.05) is 0 Å². The van der Waals surface area contributed by atoms with Crippen molar-refractivity contribution < 1.29 is 0 Å². The fraction of sp³-hybridized carbons (Fsp3) is 1.00. The molecule has 0 aliphatic heterocycles. The molecule has 0 N–H and O–H groups in total. The van der Waals surface area contributed by atoms with Crippen LogP contribution in [0, 0.1) is 16.7 Å². The first kappa shape index (κ1) is 17.4. The molecular formula is C16H34S. The minimum Gasteiger partial charge on any atom is -0.155 e. The average molecular weight is 259 g/mol. The van der Waals surface area contributed by atoms with Crippen LogP contribution in [0.4, 0.5) is 0 Å². The monoisotopic (exact) mass is 258 g/mol. The second-order valence-electron chi connectivity index (χ2n) is 8.07. The summed E-state index contributed by atoms with van der Waals surface area (Å²) in [6.07, 6.45) is 2.65. The Kier molecular flexibility index (Phi) is 6.63. The third kappa shape index (κ3) is 8.99. The van der Waals surface area contributed by atoms with Gasteiger partial charge in [-0.05, 0) is 34.8 Å². The van der Waals surface area contributed by atoms with Crippen molar-refractivity contribution in [2.75, 3.05) is 0 Å². The number of hydrogen-bond donors (Lipinski definition) is 0. The maximum atomic E-state index is 2.44. The number of rotatable bonds is 6. The minimum atomic E-state index is 0.438. The van der Waals surface area contributed by atoms with Crippen molar-refractivity contribution in [3.8, 4) is 0 Å². The summed E-state index contributed by atoms with van der Waals surface area (Å²) in [6, 6.07) is 0. The van der Waals surface area contributed by atoms with Crippen molar-refractivity contribution in [3.05, 3.63) is 0 Å². The molecule has 0 aliphatic carbocycles. The van der Waals surface area contributed by atoms with Gasteiger partial charge in [0.25, 0.3) is 0 Å². The van der Waals surface area contributed by atoms with Gasteiger partial charge >= 0.3 is 0 Å². The first-order chi connectivity index (χ1) is 7.43. The molecule has 0 spiro atoms. The second-order valence-corrected chi connectivity index (χ2v) is 9.89. The van der Waals surface area contributed by atoms with Crippen LogP contribution in [-0.4, -0.2) is 10.5 Å². The summed E-state index contributed by atoms with van der Waals surface area (Å²) in [6.45, 7) is 21.3. The van der Waals surface area contributed by atoms with E-state index >= 15 is 0 Å². The van der Waals surface area contributed by atoms with E-state index in [2.05, 4.69) is 74.1 Å². The lowest BCUT2D eigenvalue weighted by Gasteiger charge is -2.37. The SMILES string of the molecule is CC(C)SC(CC(C)(C)CC(C)(C)C)C(C)C. The molecule has 0 aromatic rings. The highest BCUT2D eigenvalue weighted by Gasteiger charge is 2.30. The van der Waals surface area contributed by atoms with E-state index in [1.165, 1.54) is 12.8 Å². The molecule has 0 aliphatic rings. The van der Waals surface area contributed by atoms with Crippen LogP contribution in [-0.2, 0) is 0 Å². The minimum absolute atomic E-state index is 0.438. The van der Waals surface area contributed by atoms with Gasteiger partial charge in [-0.15, -0.1) is 0 Å². The lowest BCUT2D eigenvalue weighted by atomic mass is 9.73. The molecule has 0 saturated heterocycles. The van der Waals surface area contributed by atoms with Crippen molar-refractivity contribution in [1.82, 2.24) is 0 Å². The highest BCUT2D eigenvalue weighted by molar-refractivity contribution is 8.00. The van der Waals surface area contributed by atoms with Crippen molar-refractivity contribution in [2.24, 2.45) is 16.7 Å². The van der Waals surface area contributed by atoms with Crippen molar-refractivity contribution in [1.29, 1.82) is 0 Å². The van der Waals surface area contributed by atoms with Crippen LogP contribution >= 0.6 is 11.8 Å². The fourth-order valence-corrected chi connectivity index (χ4v) is 4.40. The molecule has 0 bridgehead atoms. The molecule has 0 amide bonds. The van der Waals surface area contributed by atoms with E-state index < -0.39 is 0 Å². The van der Waals surface area contributed by atoms with Crippen LogP contribution in [0.25, 0.3) is 0 Å². The van der Waals surface area contributed by atoms with Gasteiger partial charge in [-0.25, -0.2) is 0 Å². The predicted molar refractivity (Wildman–Crippen MR) is 83.8 cm³/mol. The molecular weight excluding hydrogens is 224 g/mol. The molecule has 1 heteroatoms. The summed E-state index contributed by atoms with van der Waals surface area (Å²) in [4.78, 5) is 0. The van der Waals surface area contributed by atoms with Gasteiger partial charge in [-0.3, -0.25) is 0 Å². The van der Waals surface area contributed by atoms with Crippen LogP contribution in [0.1, 0.15) is 75.2 Å². The summed E-state index contributed by atoms with van der Waals surface area (Å²) in [5.74, 6) is 0.779. The van der Waals surface area contributed by atoms with Crippen molar-refractivity contribution in [3.63, 3.8) is 0 Å². The number of hydrogen-bond acceptors (Lipinski definition) is 1. The molecule has 1 unspecified atom stereocenters. The summed E-state index contributed by atoms with van der Waals surface area (Å²) in [5.41, 5.74) is 0.891. The molecule has 0 aromatic heterocycles. The molecule has 1 atom stereocenters. The Morgan fingerprint density at radius 1 is 0.882 bits per heavy atom. The topological polar surface area (TPSA) is 0 Å². The summed E-state index contributed by atoms with van der Waals surface area (Å²) in [7, 11) is 0. The normalized spacial score (nSPS) is 15.7. The average Bonchev–Trinajstić information content (AvgIpc) is 1.95. The lowest BCUT2D eigenvalue weighted by Crippen LogP contribution is -2.27. The highest BCUT2D eigenvalue weighted by Crippen LogP contribution is 2.41. The zero-order chi connectivity index (χ0) is 13.9. The Balaban J connectivity index is 4.52. The third-order valence-corrected chi connectivity index (χ3v) is 4.56. The van der Waals surface area contributed by atoms with Crippen LogP contribution in [0.15, 0.2) is 0 Å². The van der Waals surface area contributed by atoms with Crippen LogP contribution in [0.2, 0.25) is 0 Å². The van der Waals surface area contributed by atoms with Gasteiger partial charge in [-0.2, -0.15) is 11.8 Å². The standard InChI is InChI=1S/C16H34S/c1-12(2)14(17-13(3)4)10-16(8,9)11-15(5,6)7/h12-14H,10-11H2,1-9H3. The highest BCUT2D eigenvalue weighted by atomic mass is 32.2. The molecule has 0 rings (SSSR count). The van der Waals surface area contributed by atoms with E-state index in [0.717, 1.165) is 16.4 Å². The van der Waals surface area contributed by atoms with E-state index in [-0.39, 0.29) is 0 Å². The maximum absolute atomic E-state index is 2.44. The maximum Gasteiger partial charge on any atom is 0.00777 e. The Hall–Kier alpha value is 0.350. The smallest absolute Gasteiger partial charge is 0.00777 e. The molecule has 0 fully saturated rings. The third-order valence-electron chi connectivity index (χ3n) is 2.95. The van der Waals surface area contributed by atoms with Crippen LogP contribution in [0.5, 0.6) is 0 Å². The van der Waals surface area contributed by atoms with E-state index in [0.29, 0.717) is 10.8 Å². The molecule has 0 heterocycles. The van der Waals surface area contributed by atoms with Crippen LogP contribution in [0.3, 0.4) is 0 Å². The van der Waals surface area contributed by atoms with Crippen molar-refractivity contribution >= 4 is 11.8 Å². The Morgan fingerprint density at radius 3 is 1.65 bits per heavy atom. The zero-order valence-electron chi connectivity index (χ0n) is 13.6. The Bertz CT molecular complexity index is 208. The van der Waals surface area contributed by atoms with Crippen LogP contribution < -0.4 is 0 Å². The van der Waals surface area contributed by atoms with E-state index in [1.54, 1.807) is 0 Å². The van der Waals surface area contributed by atoms with E-state index in [9.17, 15) is 0 Å². The van der Waals surface area contributed by atoms with Gasteiger partial charge < -0.3 is 0 Å². The lowest BCUT2D eigenvalue weighted by molar-refractivity contribution is 0.191. The Morgan fingerprint density at radius 2 is 1.35 bits per heavy atom. The largest absolute Gasteiger partial charge is 0.155 e. The molecule has 17 heavy (non-hydrogen) atoms. The molecule has 0 saturated carbocycles. The Labute approximate surface area is 114 Å². The number of thioether (sulfide) groups is 1. The van der Waals surface area contributed by atoms with Gasteiger partial charge in [0.05, 0.1) is 0 Å². The van der Waals surface area contributed by atoms with Gasteiger partial charge in [-0.1, -0.05) is 62.3 Å². The summed E-state index contributed by atoms with van der Waals surface area (Å²) >= 11 is 2.16. The van der Waals surface area contributed by atoms with Gasteiger partial charge in [0.2, 0.25) is 0 Å². The molecule has 0 radical (unpaired) electrons. The van der Waals surface area contributed by atoms with Gasteiger partial charge in [0, 0.05) is 5.25 Å². The second kappa shape index (κ2) is 6.50. The first-order valence-corrected chi connectivity index (χ1v) is 8.03. The molecule has 0 aromatic carbocycles. The summed E-state index contributed by atoms with van der Waals surface area (Å²) in [5, 5.41) is 1.54. The van der Waals surface area contributed by atoms with Gasteiger partial charge in [0.15, 0.2) is 0 Å². The zero-order valence-corrected chi connectivity index (χ0v) is 14.4. The first-order valence-electron chi connectivity index (χ1n) is 7.08. The fourth-order valence-electron chi connectivity index (χ4n) is 2.84. The predicted octanol–water partition coefficient (Wildman–Crippen LogP) is 6.01. The van der Waals surface area contributed by atoms with Gasteiger partial charge in [0.1, 0.15) is 0 Å². The quantitative estimate of drug-likeness (QED) is 0.562.